The fourth-order valence-corrected chi connectivity index (χ4v) is 1.63. The minimum atomic E-state index is 0.786. The first-order chi connectivity index (χ1) is 6.27. The van der Waals surface area contributed by atoms with Crippen LogP contribution in [0.15, 0.2) is 42.7 Å². The van der Waals surface area contributed by atoms with E-state index in [4.69, 9.17) is 11.6 Å². The SMILES string of the molecule is Cc1cc(Cl)ccc1-n1cccc1. The molecule has 0 atom stereocenters. The Bertz CT molecular complexity index is 404. The van der Waals surface area contributed by atoms with Crippen molar-refractivity contribution < 1.29 is 0 Å². The number of aromatic nitrogens is 1. The molecular formula is C11H10ClN. The highest BCUT2D eigenvalue weighted by atomic mass is 35.5. The van der Waals surface area contributed by atoms with Crippen LogP contribution >= 0.6 is 11.6 Å². The molecule has 1 aromatic heterocycles. The average Bonchev–Trinajstić information content (AvgIpc) is 2.56. The summed E-state index contributed by atoms with van der Waals surface area (Å²) in [7, 11) is 0. The van der Waals surface area contributed by atoms with Gasteiger partial charge in [-0.15, -0.1) is 0 Å². The molecule has 1 heterocycles. The summed E-state index contributed by atoms with van der Waals surface area (Å²) < 4.78 is 2.08. The summed E-state index contributed by atoms with van der Waals surface area (Å²) in [6, 6.07) is 9.92. The van der Waals surface area contributed by atoms with Crippen LogP contribution in [0.2, 0.25) is 5.02 Å². The maximum absolute atomic E-state index is 5.87. The first-order valence-electron chi connectivity index (χ1n) is 4.17. The van der Waals surface area contributed by atoms with E-state index in [2.05, 4.69) is 11.5 Å². The zero-order valence-electron chi connectivity index (χ0n) is 7.37. The van der Waals surface area contributed by atoms with E-state index in [0.29, 0.717) is 0 Å². The molecule has 0 unspecified atom stereocenters. The molecule has 0 aliphatic rings. The van der Waals surface area contributed by atoms with Gasteiger partial charge >= 0.3 is 0 Å². The molecule has 0 spiro atoms. The van der Waals surface area contributed by atoms with Crippen LogP contribution in [0.5, 0.6) is 0 Å². The van der Waals surface area contributed by atoms with Gasteiger partial charge < -0.3 is 4.57 Å². The lowest BCUT2D eigenvalue weighted by Crippen LogP contribution is -1.92. The van der Waals surface area contributed by atoms with E-state index in [0.717, 1.165) is 5.02 Å². The van der Waals surface area contributed by atoms with E-state index in [1.54, 1.807) is 0 Å². The number of halogens is 1. The van der Waals surface area contributed by atoms with Crippen molar-refractivity contribution in [3.05, 3.63) is 53.3 Å². The van der Waals surface area contributed by atoms with Crippen molar-refractivity contribution in [2.45, 2.75) is 6.92 Å². The normalized spacial score (nSPS) is 10.3. The van der Waals surface area contributed by atoms with Crippen LogP contribution in [-0.2, 0) is 0 Å². The van der Waals surface area contributed by atoms with Crippen LogP contribution in [-0.4, -0.2) is 4.57 Å². The highest BCUT2D eigenvalue weighted by molar-refractivity contribution is 6.30. The molecule has 2 rings (SSSR count). The van der Waals surface area contributed by atoms with Crippen LogP contribution in [0, 0.1) is 6.92 Å². The maximum atomic E-state index is 5.87. The highest BCUT2D eigenvalue weighted by Gasteiger charge is 1.99. The standard InChI is InChI=1S/C11H10ClN/c1-9-8-10(12)4-5-11(9)13-6-2-3-7-13/h2-8H,1H3. The summed E-state index contributed by atoms with van der Waals surface area (Å²) in [6.45, 7) is 2.06. The number of hydrogen-bond donors (Lipinski definition) is 0. The molecule has 0 fully saturated rings. The van der Waals surface area contributed by atoms with Gasteiger partial charge in [0.25, 0.3) is 0 Å². The minimum absolute atomic E-state index is 0.786. The Balaban J connectivity index is 2.53. The molecule has 0 radical (unpaired) electrons. The zero-order valence-corrected chi connectivity index (χ0v) is 8.12. The third-order valence-corrected chi connectivity index (χ3v) is 2.28. The molecule has 1 nitrogen and oxygen atoms in total. The lowest BCUT2D eigenvalue weighted by atomic mass is 10.2. The zero-order chi connectivity index (χ0) is 9.26. The number of rotatable bonds is 1. The van der Waals surface area contributed by atoms with Gasteiger partial charge in [0.05, 0.1) is 0 Å². The minimum Gasteiger partial charge on any atom is -0.324 e. The van der Waals surface area contributed by atoms with Crippen LogP contribution in [0.25, 0.3) is 5.69 Å². The van der Waals surface area contributed by atoms with Gasteiger partial charge in [0.1, 0.15) is 0 Å². The van der Waals surface area contributed by atoms with Gasteiger partial charge in [-0.1, -0.05) is 11.6 Å². The summed E-state index contributed by atoms with van der Waals surface area (Å²) in [6.07, 6.45) is 4.05. The third kappa shape index (κ3) is 1.61. The van der Waals surface area contributed by atoms with E-state index in [1.165, 1.54) is 11.3 Å². The second-order valence-electron chi connectivity index (χ2n) is 3.02. The third-order valence-electron chi connectivity index (χ3n) is 2.04. The molecule has 2 aromatic rings. The number of nitrogens with zero attached hydrogens (tertiary/aromatic N) is 1. The van der Waals surface area contributed by atoms with Crippen LogP contribution in [0.4, 0.5) is 0 Å². The molecule has 0 saturated heterocycles. The average molecular weight is 192 g/mol. The quantitative estimate of drug-likeness (QED) is 0.651. The lowest BCUT2D eigenvalue weighted by molar-refractivity contribution is 1.06. The molecule has 13 heavy (non-hydrogen) atoms. The topological polar surface area (TPSA) is 4.93 Å². The fraction of sp³-hybridized carbons (Fsp3) is 0.0909. The van der Waals surface area contributed by atoms with Crippen molar-refractivity contribution >= 4 is 11.6 Å². The van der Waals surface area contributed by atoms with Gasteiger partial charge in [0.2, 0.25) is 0 Å². The predicted molar refractivity (Wildman–Crippen MR) is 55.5 cm³/mol. The van der Waals surface area contributed by atoms with E-state index in [1.807, 2.05) is 42.7 Å². The van der Waals surface area contributed by atoms with Crippen LogP contribution in [0.3, 0.4) is 0 Å². The van der Waals surface area contributed by atoms with E-state index in [-0.39, 0.29) is 0 Å². The summed E-state index contributed by atoms with van der Waals surface area (Å²) in [4.78, 5) is 0. The number of benzene rings is 1. The first kappa shape index (κ1) is 8.39. The van der Waals surface area contributed by atoms with Gasteiger partial charge in [-0.2, -0.15) is 0 Å². The van der Waals surface area contributed by atoms with Crippen molar-refractivity contribution in [3.63, 3.8) is 0 Å². The molecule has 0 N–H and O–H groups in total. The van der Waals surface area contributed by atoms with E-state index < -0.39 is 0 Å². The van der Waals surface area contributed by atoms with Crippen molar-refractivity contribution in [2.24, 2.45) is 0 Å². The van der Waals surface area contributed by atoms with Crippen molar-refractivity contribution in [3.8, 4) is 5.69 Å². The van der Waals surface area contributed by atoms with Gasteiger partial charge in [0, 0.05) is 23.1 Å². The second kappa shape index (κ2) is 3.27. The van der Waals surface area contributed by atoms with Crippen LogP contribution in [0.1, 0.15) is 5.56 Å². The summed E-state index contributed by atoms with van der Waals surface area (Å²) >= 11 is 5.87. The molecule has 0 bridgehead atoms. The Morgan fingerprint density at radius 2 is 1.85 bits per heavy atom. The van der Waals surface area contributed by atoms with Gasteiger partial charge in [-0.05, 0) is 42.8 Å². The molecule has 1 aromatic carbocycles. The van der Waals surface area contributed by atoms with E-state index in [9.17, 15) is 0 Å². The van der Waals surface area contributed by atoms with E-state index >= 15 is 0 Å². The Morgan fingerprint density at radius 3 is 2.46 bits per heavy atom. The van der Waals surface area contributed by atoms with Crippen molar-refractivity contribution in [1.82, 2.24) is 4.57 Å². The number of aryl methyl sites for hydroxylation is 1. The first-order valence-corrected chi connectivity index (χ1v) is 4.54. The Morgan fingerprint density at radius 1 is 1.15 bits per heavy atom. The molecule has 66 valence electrons. The lowest BCUT2D eigenvalue weighted by Gasteiger charge is -2.06. The monoisotopic (exact) mass is 191 g/mol. The van der Waals surface area contributed by atoms with Crippen molar-refractivity contribution in [1.29, 1.82) is 0 Å². The highest BCUT2D eigenvalue weighted by Crippen LogP contribution is 2.18. The summed E-state index contributed by atoms with van der Waals surface area (Å²) in [5.41, 5.74) is 2.36. The fourth-order valence-electron chi connectivity index (χ4n) is 1.40. The summed E-state index contributed by atoms with van der Waals surface area (Å²) in [5, 5.41) is 0.786. The molecule has 0 saturated carbocycles. The Hall–Kier alpha value is -1.21. The second-order valence-corrected chi connectivity index (χ2v) is 3.46. The Labute approximate surface area is 82.6 Å². The molecule has 0 aliphatic carbocycles. The van der Waals surface area contributed by atoms with Gasteiger partial charge in [-0.25, -0.2) is 0 Å². The molecular weight excluding hydrogens is 182 g/mol. The van der Waals surface area contributed by atoms with Gasteiger partial charge in [-0.3, -0.25) is 0 Å². The summed E-state index contributed by atoms with van der Waals surface area (Å²) in [5.74, 6) is 0. The van der Waals surface area contributed by atoms with Gasteiger partial charge in [0.15, 0.2) is 0 Å². The smallest absolute Gasteiger partial charge is 0.0479 e. The van der Waals surface area contributed by atoms with Crippen molar-refractivity contribution in [2.75, 3.05) is 0 Å². The molecule has 2 heteroatoms. The Kier molecular flexibility index (Phi) is 2.11. The maximum Gasteiger partial charge on any atom is 0.0479 e. The number of hydrogen-bond acceptors (Lipinski definition) is 0. The molecule has 0 aliphatic heterocycles. The predicted octanol–water partition coefficient (Wildman–Crippen LogP) is 3.44. The molecule has 0 amide bonds. The van der Waals surface area contributed by atoms with Crippen LogP contribution < -0.4 is 0 Å². The largest absolute Gasteiger partial charge is 0.324 e.